The number of anilines is 1. The molecule has 1 atom stereocenters. The number of nitrogens with two attached hydrogens (primary N) is 1. The van der Waals surface area contributed by atoms with E-state index in [0.29, 0.717) is 25.9 Å². The Bertz CT molecular complexity index is 408. The molecule has 0 spiro atoms. The van der Waals surface area contributed by atoms with Crippen LogP contribution in [0.4, 0.5) is 5.69 Å². The van der Waals surface area contributed by atoms with Crippen LogP contribution >= 0.6 is 0 Å². The Morgan fingerprint density at radius 3 is 3.00 bits per heavy atom. The second-order valence-electron chi connectivity index (χ2n) is 4.12. The monoisotopic (exact) mass is 235 g/mol. The molecule has 0 aliphatic carbocycles. The first-order valence-electron chi connectivity index (χ1n) is 5.76. The fourth-order valence-electron chi connectivity index (χ4n) is 1.89. The Morgan fingerprint density at radius 1 is 1.53 bits per heavy atom. The van der Waals surface area contributed by atoms with E-state index >= 15 is 0 Å². The summed E-state index contributed by atoms with van der Waals surface area (Å²) in [5.74, 6) is 0.0258. The van der Waals surface area contributed by atoms with Gasteiger partial charge >= 0.3 is 0 Å². The number of nitrogens with one attached hydrogen (secondary N) is 1. The Labute approximate surface area is 100 Å². The van der Waals surface area contributed by atoms with Gasteiger partial charge in [0.15, 0.2) is 0 Å². The zero-order chi connectivity index (χ0) is 12.3. The van der Waals surface area contributed by atoms with Crippen molar-refractivity contribution >= 4 is 11.6 Å². The molecular weight excluding hydrogens is 218 g/mol. The van der Waals surface area contributed by atoms with E-state index in [4.69, 9.17) is 5.73 Å². The lowest BCUT2D eigenvalue weighted by Gasteiger charge is -2.19. The zero-order valence-electron chi connectivity index (χ0n) is 9.60. The van der Waals surface area contributed by atoms with Gasteiger partial charge in [0.25, 0.3) is 0 Å². The van der Waals surface area contributed by atoms with Gasteiger partial charge in [0.1, 0.15) is 0 Å². The lowest BCUT2D eigenvalue weighted by atomic mass is 10.1. The van der Waals surface area contributed by atoms with Crippen LogP contribution in [-0.4, -0.2) is 24.1 Å². The highest BCUT2D eigenvalue weighted by molar-refractivity contribution is 5.81. The molecular formula is C12H17N3O2. The molecule has 1 fully saturated rings. The van der Waals surface area contributed by atoms with E-state index in [2.05, 4.69) is 5.43 Å². The van der Waals surface area contributed by atoms with Crippen LogP contribution in [0.25, 0.3) is 0 Å². The molecule has 17 heavy (non-hydrogen) atoms. The lowest BCUT2D eigenvalue weighted by Crippen LogP contribution is -2.32. The summed E-state index contributed by atoms with van der Waals surface area (Å²) in [5, 5.41) is 11.6. The standard InChI is InChI=1S/C12H17N3O2/c13-6-4-11(16)9-2-1-3-10(8-9)15-7-5-12(17)14-15/h1-3,8,11,16H,4-7,13H2,(H,14,17). The number of carbonyl (C=O) groups is 1. The third kappa shape index (κ3) is 2.75. The molecule has 1 heterocycles. The van der Waals surface area contributed by atoms with Crippen LogP contribution in [0.15, 0.2) is 24.3 Å². The van der Waals surface area contributed by atoms with Crippen molar-refractivity contribution in [1.29, 1.82) is 0 Å². The molecule has 4 N–H and O–H groups in total. The van der Waals surface area contributed by atoms with Crippen LogP contribution in [0.2, 0.25) is 0 Å². The van der Waals surface area contributed by atoms with Crippen LogP contribution in [0, 0.1) is 0 Å². The minimum absolute atomic E-state index is 0.0258. The van der Waals surface area contributed by atoms with Crippen molar-refractivity contribution in [2.24, 2.45) is 5.73 Å². The number of hydrogen-bond donors (Lipinski definition) is 3. The van der Waals surface area contributed by atoms with Crippen LogP contribution in [0.5, 0.6) is 0 Å². The maximum absolute atomic E-state index is 11.1. The van der Waals surface area contributed by atoms with Gasteiger partial charge in [0, 0.05) is 13.0 Å². The third-order valence-electron chi connectivity index (χ3n) is 2.83. The zero-order valence-corrected chi connectivity index (χ0v) is 9.60. The van der Waals surface area contributed by atoms with E-state index < -0.39 is 6.10 Å². The average Bonchev–Trinajstić information content (AvgIpc) is 2.76. The summed E-state index contributed by atoms with van der Waals surface area (Å²) in [5.41, 5.74) is 9.89. The first-order valence-corrected chi connectivity index (χ1v) is 5.76. The first kappa shape index (κ1) is 11.9. The van der Waals surface area contributed by atoms with Gasteiger partial charge in [-0.15, -0.1) is 0 Å². The molecule has 1 aliphatic rings. The maximum Gasteiger partial charge on any atom is 0.240 e. The van der Waals surface area contributed by atoms with Crippen molar-refractivity contribution in [2.75, 3.05) is 18.1 Å². The predicted molar refractivity (Wildman–Crippen MR) is 65.2 cm³/mol. The minimum atomic E-state index is -0.543. The van der Waals surface area contributed by atoms with Gasteiger partial charge < -0.3 is 10.8 Å². The summed E-state index contributed by atoms with van der Waals surface area (Å²) in [6, 6.07) is 7.52. The van der Waals surface area contributed by atoms with Gasteiger partial charge in [-0.05, 0) is 30.7 Å². The lowest BCUT2D eigenvalue weighted by molar-refractivity contribution is -0.119. The van der Waals surface area contributed by atoms with E-state index in [1.54, 1.807) is 5.01 Å². The molecule has 0 bridgehead atoms. The fourth-order valence-corrected chi connectivity index (χ4v) is 1.89. The molecule has 5 nitrogen and oxygen atoms in total. The summed E-state index contributed by atoms with van der Waals surface area (Å²) in [4.78, 5) is 11.1. The van der Waals surface area contributed by atoms with Crippen LogP contribution in [-0.2, 0) is 4.79 Å². The van der Waals surface area contributed by atoms with Crippen LogP contribution < -0.4 is 16.2 Å². The molecule has 1 amide bonds. The van der Waals surface area contributed by atoms with Gasteiger partial charge in [0.05, 0.1) is 11.8 Å². The van der Waals surface area contributed by atoms with Gasteiger partial charge in [0.2, 0.25) is 5.91 Å². The average molecular weight is 235 g/mol. The summed E-state index contributed by atoms with van der Waals surface area (Å²) in [7, 11) is 0. The van der Waals surface area contributed by atoms with E-state index in [9.17, 15) is 9.90 Å². The van der Waals surface area contributed by atoms with Crippen molar-refractivity contribution < 1.29 is 9.90 Å². The Morgan fingerprint density at radius 2 is 2.35 bits per heavy atom. The number of amides is 1. The number of rotatable bonds is 4. The quantitative estimate of drug-likeness (QED) is 0.702. The summed E-state index contributed by atoms with van der Waals surface area (Å²) in [6.45, 7) is 1.11. The van der Waals surface area contributed by atoms with Crippen molar-refractivity contribution in [3.05, 3.63) is 29.8 Å². The van der Waals surface area contributed by atoms with Gasteiger partial charge in [-0.25, -0.2) is 0 Å². The highest BCUT2D eigenvalue weighted by Crippen LogP contribution is 2.22. The van der Waals surface area contributed by atoms with E-state index in [0.717, 1.165) is 11.3 Å². The second-order valence-corrected chi connectivity index (χ2v) is 4.12. The molecule has 1 unspecified atom stereocenters. The number of hydrogen-bond acceptors (Lipinski definition) is 4. The first-order chi connectivity index (χ1) is 8.20. The minimum Gasteiger partial charge on any atom is -0.388 e. The fraction of sp³-hybridized carbons (Fsp3) is 0.417. The van der Waals surface area contributed by atoms with Gasteiger partial charge in [-0.1, -0.05) is 12.1 Å². The molecule has 0 aromatic heterocycles. The topological polar surface area (TPSA) is 78.6 Å². The Hall–Kier alpha value is -1.59. The molecule has 2 rings (SSSR count). The summed E-state index contributed by atoms with van der Waals surface area (Å²) in [6.07, 6.45) is 0.504. The Balaban J connectivity index is 2.13. The number of nitrogens with zero attached hydrogens (tertiary/aromatic N) is 1. The number of carbonyl (C=O) groups excluding carboxylic acids is 1. The molecule has 0 radical (unpaired) electrons. The summed E-state index contributed by atoms with van der Waals surface area (Å²) >= 11 is 0. The van der Waals surface area contributed by atoms with Gasteiger partial charge in [-0.2, -0.15) is 0 Å². The van der Waals surface area contributed by atoms with E-state index in [-0.39, 0.29) is 5.91 Å². The summed E-state index contributed by atoms with van der Waals surface area (Å²) < 4.78 is 0. The maximum atomic E-state index is 11.1. The molecule has 1 aromatic carbocycles. The smallest absolute Gasteiger partial charge is 0.240 e. The largest absolute Gasteiger partial charge is 0.388 e. The molecule has 5 heteroatoms. The Kier molecular flexibility index (Phi) is 3.61. The number of benzene rings is 1. The van der Waals surface area contributed by atoms with E-state index in [1.807, 2.05) is 24.3 Å². The highest BCUT2D eigenvalue weighted by Gasteiger charge is 2.19. The highest BCUT2D eigenvalue weighted by atomic mass is 16.3. The molecule has 1 saturated heterocycles. The molecule has 1 aliphatic heterocycles. The van der Waals surface area contributed by atoms with Crippen molar-refractivity contribution in [3.8, 4) is 0 Å². The number of aliphatic hydroxyl groups excluding tert-OH is 1. The van der Waals surface area contributed by atoms with Gasteiger partial charge in [-0.3, -0.25) is 15.2 Å². The van der Waals surface area contributed by atoms with Crippen molar-refractivity contribution in [1.82, 2.24) is 5.43 Å². The van der Waals surface area contributed by atoms with Crippen LogP contribution in [0.3, 0.4) is 0 Å². The number of hydrazine groups is 1. The third-order valence-corrected chi connectivity index (χ3v) is 2.83. The molecule has 0 saturated carbocycles. The van der Waals surface area contributed by atoms with Crippen molar-refractivity contribution in [3.63, 3.8) is 0 Å². The van der Waals surface area contributed by atoms with Crippen molar-refractivity contribution in [2.45, 2.75) is 18.9 Å². The normalized spacial score (nSPS) is 17.1. The second kappa shape index (κ2) is 5.16. The molecule has 92 valence electrons. The SMILES string of the molecule is NCCC(O)c1cccc(N2CCC(=O)N2)c1. The molecule has 1 aromatic rings. The van der Waals surface area contributed by atoms with E-state index in [1.165, 1.54) is 0 Å². The number of aliphatic hydroxyl groups is 1. The predicted octanol–water partition coefficient (Wildman–Crippen LogP) is 0.310. The van der Waals surface area contributed by atoms with Crippen LogP contribution in [0.1, 0.15) is 24.5 Å².